The zero-order valence-corrected chi connectivity index (χ0v) is 17.0. The highest BCUT2D eigenvalue weighted by molar-refractivity contribution is 7.89. The van der Waals surface area contributed by atoms with Gasteiger partial charge in [0.1, 0.15) is 5.75 Å². The lowest BCUT2D eigenvalue weighted by Gasteiger charge is -2.39. The Morgan fingerprint density at radius 1 is 1.12 bits per heavy atom. The lowest BCUT2D eigenvalue weighted by Crippen LogP contribution is -2.49. The van der Waals surface area contributed by atoms with Gasteiger partial charge in [-0.3, -0.25) is 0 Å². The molecule has 1 fully saturated rings. The number of nitrogens with zero attached hydrogens (tertiary/aromatic N) is 1. The molecule has 1 aliphatic heterocycles. The second-order valence-corrected chi connectivity index (χ2v) is 7.71. The molecule has 0 aliphatic carbocycles. The van der Waals surface area contributed by atoms with E-state index in [1.807, 2.05) is 13.8 Å². The average molecular weight is 374 g/mol. The van der Waals surface area contributed by atoms with Crippen LogP contribution in [-0.4, -0.2) is 59.3 Å². The smallest absolute Gasteiger partial charge is 0.243 e. The van der Waals surface area contributed by atoms with Gasteiger partial charge in [0.05, 0.1) is 24.2 Å². The van der Waals surface area contributed by atoms with Gasteiger partial charge in [-0.1, -0.05) is 19.9 Å². The van der Waals surface area contributed by atoms with Crippen LogP contribution in [0, 0.1) is 6.92 Å². The van der Waals surface area contributed by atoms with Gasteiger partial charge in [0.2, 0.25) is 10.0 Å². The Kier molecular flexibility index (Phi) is 8.34. The molecule has 0 N–H and O–H groups in total. The number of rotatable bonds is 6. The van der Waals surface area contributed by atoms with Crippen LogP contribution in [0.25, 0.3) is 0 Å². The summed E-state index contributed by atoms with van der Waals surface area (Å²) in [5.41, 5.74) is 0.236. The monoisotopic (exact) mass is 373 g/mol. The molecule has 1 aromatic carbocycles. The van der Waals surface area contributed by atoms with Gasteiger partial charge >= 0.3 is 0 Å². The minimum atomic E-state index is -3.54. The van der Waals surface area contributed by atoms with Crippen LogP contribution in [0.5, 0.6) is 5.75 Å². The van der Waals surface area contributed by atoms with E-state index in [0.29, 0.717) is 48.7 Å². The summed E-state index contributed by atoms with van der Waals surface area (Å²) in [6, 6.07) is 5.09. The van der Waals surface area contributed by atoms with Gasteiger partial charge in [0.15, 0.2) is 0 Å². The zero-order chi connectivity index (χ0) is 19.1. The SMILES string of the molecule is CC.COCC1(OC)CCN(S(=O)(=O)c2cccc(OC)c2C)CC1. The fraction of sp³-hybridized carbons (Fsp3) is 0.667. The molecule has 144 valence electrons. The Bertz CT molecular complexity index is 637. The molecule has 0 spiro atoms. The summed E-state index contributed by atoms with van der Waals surface area (Å²) in [4.78, 5) is 0.300. The molecular formula is C18H31NO5S. The molecule has 1 saturated heterocycles. The Morgan fingerprint density at radius 3 is 2.20 bits per heavy atom. The highest BCUT2D eigenvalue weighted by atomic mass is 32.2. The van der Waals surface area contributed by atoms with Crippen LogP contribution >= 0.6 is 0 Å². The number of piperidine rings is 1. The van der Waals surface area contributed by atoms with E-state index in [1.54, 1.807) is 39.3 Å². The van der Waals surface area contributed by atoms with E-state index in [1.165, 1.54) is 11.4 Å². The number of sulfonamides is 1. The molecule has 7 heteroatoms. The first-order valence-electron chi connectivity index (χ1n) is 8.58. The van der Waals surface area contributed by atoms with Gasteiger partial charge < -0.3 is 14.2 Å². The van der Waals surface area contributed by atoms with Gasteiger partial charge in [-0.15, -0.1) is 0 Å². The summed E-state index contributed by atoms with van der Waals surface area (Å²) in [5, 5.41) is 0. The third-order valence-electron chi connectivity index (χ3n) is 4.55. The number of hydrogen-bond acceptors (Lipinski definition) is 5. The van der Waals surface area contributed by atoms with Crippen molar-refractivity contribution in [1.82, 2.24) is 4.31 Å². The van der Waals surface area contributed by atoms with Crippen LogP contribution in [0.2, 0.25) is 0 Å². The van der Waals surface area contributed by atoms with E-state index in [0.717, 1.165) is 0 Å². The lowest BCUT2D eigenvalue weighted by molar-refractivity contribution is -0.0899. The predicted molar refractivity (Wildman–Crippen MR) is 98.7 cm³/mol. The van der Waals surface area contributed by atoms with Crippen LogP contribution in [0.15, 0.2) is 23.1 Å². The molecular weight excluding hydrogens is 342 g/mol. The van der Waals surface area contributed by atoms with Gasteiger partial charge in [0.25, 0.3) is 0 Å². The number of benzene rings is 1. The first-order valence-corrected chi connectivity index (χ1v) is 10.0. The third kappa shape index (κ3) is 4.73. The van der Waals surface area contributed by atoms with Gasteiger partial charge in [-0.05, 0) is 31.9 Å². The van der Waals surface area contributed by atoms with Crippen molar-refractivity contribution in [2.45, 2.75) is 44.1 Å². The maximum Gasteiger partial charge on any atom is 0.243 e. The van der Waals surface area contributed by atoms with E-state index in [2.05, 4.69) is 0 Å². The Balaban J connectivity index is 0.00000151. The van der Waals surface area contributed by atoms with Crippen molar-refractivity contribution in [2.75, 3.05) is 41.0 Å². The van der Waals surface area contributed by atoms with Crippen molar-refractivity contribution in [2.24, 2.45) is 0 Å². The lowest BCUT2D eigenvalue weighted by atomic mass is 9.93. The van der Waals surface area contributed by atoms with E-state index in [9.17, 15) is 8.42 Å². The van der Waals surface area contributed by atoms with E-state index in [-0.39, 0.29) is 0 Å². The summed E-state index contributed by atoms with van der Waals surface area (Å²) in [6.07, 6.45) is 1.22. The normalized spacial score (nSPS) is 17.5. The molecule has 0 radical (unpaired) electrons. The maximum atomic E-state index is 12.9. The van der Waals surface area contributed by atoms with Gasteiger partial charge in [0, 0.05) is 32.9 Å². The minimum Gasteiger partial charge on any atom is -0.496 e. The predicted octanol–water partition coefficient (Wildman–Crippen LogP) is 2.85. The van der Waals surface area contributed by atoms with E-state index in [4.69, 9.17) is 14.2 Å². The highest BCUT2D eigenvalue weighted by Crippen LogP contribution is 2.32. The molecule has 2 rings (SSSR count). The van der Waals surface area contributed by atoms with E-state index >= 15 is 0 Å². The molecule has 1 aromatic rings. The highest BCUT2D eigenvalue weighted by Gasteiger charge is 2.39. The van der Waals surface area contributed by atoms with Crippen LogP contribution in [0.3, 0.4) is 0 Å². The molecule has 0 amide bonds. The number of methoxy groups -OCH3 is 3. The average Bonchev–Trinajstić information content (AvgIpc) is 2.64. The third-order valence-corrected chi connectivity index (χ3v) is 6.59. The first kappa shape index (κ1) is 21.9. The van der Waals surface area contributed by atoms with Crippen molar-refractivity contribution in [3.05, 3.63) is 23.8 Å². The molecule has 1 heterocycles. The van der Waals surface area contributed by atoms with Crippen molar-refractivity contribution in [3.8, 4) is 5.75 Å². The van der Waals surface area contributed by atoms with E-state index < -0.39 is 15.6 Å². The van der Waals surface area contributed by atoms with Crippen molar-refractivity contribution in [3.63, 3.8) is 0 Å². The van der Waals surface area contributed by atoms with Crippen molar-refractivity contribution in [1.29, 1.82) is 0 Å². The molecule has 0 atom stereocenters. The fourth-order valence-corrected chi connectivity index (χ4v) is 4.72. The minimum absolute atomic E-state index is 0.300. The standard InChI is InChI=1S/C16H25NO5S.C2H6/c1-13-14(21-3)6-5-7-15(13)23(18,19)17-10-8-16(22-4,9-11-17)12-20-2;1-2/h5-7H,8-12H2,1-4H3;1-2H3. The fourth-order valence-electron chi connectivity index (χ4n) is 3.04. The molecule has 0 unspecified atom stereocenters. The second-order valence-electron chi connectivity index (χ2n) is 5.81. The Morgan fingerprint density at radius 2 is 1.72 bits per heavy atom. The Hall–Kier alpha value is -1.15. The molecule has 0 saturated carbocycles. The first-order chi connectivity index (χ1) is 11.9. The van der Waals surface area contributed by atoms with Crippen LogP contribution in [-0.2, 0) is 19.5 Å². The molecule has 0 aromatic heterocycles. The van der Waals surface area contributed by atoms with Crippen molar-refractivity contribution < 1.29 is 22.6 Å². The maximum absolute atomic E-state index is 12.9. The Labute approximate surface area is 152 Å². The largest absolute Gasteiger partial charge is 0.496 e. The molecule has 1 aliphatic rings. The van der Waals surface area contributed by atoms with Gasteiger partial charge in [-0.25, -0.2) is 8.42 Å². The molecule has 25 heavy (non-hydrogen) atoms. The van der Waals surface area contributed by atoms with Crippen LogP contribution < -0.4 is 4.74 Å². The summed E-state index contributed by atoms with van der Waals surface area (Å²) >= 11 is 0. The van der Waals surface area contributed by atoms with Crippen molar-refractivity contribution >= 4 is 10.0 Å². The number of ether oxygens (including phenoxy) is 3. The summed E-state index contributed by atoms with van der Waals surface area (Å²) in [6.45, 7) is 7.06. The summed E-state index contributed by atoms with van der Waals surface area (Å²) in [5.74, 6) is 0.578. The summed E-state index contributed by atoms with van der Waals surface area (Å²) < 4.78 is 43.4. The zero-order valence-electron chi connectivity index (χ0n) is 16.2. The summed E-state index contributed by atoms with van der Waals surface area (Å²) in [7, 11) is 1.27. The van der Waals surface area contributed by atoms with Crippen LogP contribution in [0.4, 0.5) is 0 Å². The quantitative estimate of drug-likeness (QED) is 0.767. The number of hydrogen-bond donors (Lipinski definition) is 0. The second kappa shape index (κ2) is 9.52. The molecule has 6 nitrogen and oxygen atoms in total. The topological polar surface area (TPSA) is 65.1 Å². The molecule has 0 bridgehead atoms. The van der Waals surface area contributed by atoms with Gasteiger partial charge in [-0.2, -0.15) is 4.31 Å². The van der Waals surface area contributed by atoms with Crippen LogP contribution in [0.1, 0.15) is 32.3 Å².